The number of aromatic hydroxyl groups is 2. The molecule has 53 heavy (non-hydrogen) atoms. The Morgan fingerprint density at radius 1 is 0.472 bits per heavy atom. The van der Waals surface area contributed by atoms with Crippen LogP contribution in [0.2, 0.25) is 0 Å². The first-order valence-electron chi connectivity index (χ1n) is 20.1. The predicted molar refractivity (Wildman–Crippen MR) is 218 cm³/mol. The number of hydrogen-bond acceptors (Lipinski definition) is 6. The van der Waals surface area contributed by atoms with E-state index in [1.165, 1.54) is 49.7 Å². The number of benzene rings is 2. The van der Waals surface area contributed by atoms with Gasteiger partial charge in [0.2, 0.25) is 11.5 Å². The van der Waals surface area contributed by atoms with Gasteiger partial charge in [0.25, 0.3) is 0 Å². The van der Waals surface area contributed by atoms with Crippen molar-refractivity contribution >= 4 is 0 Å². The zero-order valence-corrected chi connectivity index (χ0v) is 36.4. The molecule has 2 aromatic rings. The van der Waals surface area contributed by atoms with Crippen LogP contribution in [-0.4, -0.2) is 36.6 Å². The van der Waals surface area contributed by atoms with Gasteiger partial charge >= 0.3 is 26.2 Å². The molecule has 294 valence electrons. The van der Waals surface area contributed by atoms with Crippen LogP contribution in [0, 0.1) is 12.2 Å². The van der Waals surface area contributed by atoms with Crippen molar-refractivity contribution in [2.24, 2.45) is 0 Å². The molecule has 6 nitrogen and oxygen atoms in total. The molecule has 2 aromatic carbocycles. The maximum absolute atomic E-state index is 9.94. The van der Waals surface area contributed by atoms with Gasteiger partial charge < -0.3 is 29.2 Å². The minimum absolute atomic E-state index is 0. The zero-order chi connectivity index (χ0) is 38.1. The van der Waals surface area contributed by atoms with Crippen LogP contribution in [0.1, 0.15) is 144 Å². The third kappa shape index (κ3) is 24.2. The van der Waals surface area contributed by atoms with Gasteiger partial charge in [0.05, 0.1) is 26.4 Å². The molecule has 2 aliphatic rings. The molecule has 0 aliphatic heterocycles. The van der Waals surface area contributed by atoms with E-state index >= 15 is 0 Å². The molecule has 2 N–H and O–H groups in total. The molecule has 0 fully saturated rings. The van der Waals surface area contributed by atoms with Crippen molar-refractivity contribution in [1.29, 1.82) is 0 Å². The fourth-order valence-corrected chi connectivity index (χ4v) is 4.75. The largest absolute Gasteiger partial charge is 2.00 e. The summed E-state index contributed by atoms with van der Waals surface area (Å²) in [4.78, 5) is 0. The van der Waals surface area contributed by atoms with Crippen LogP contribution < -0.4 is 18.9 Å². The standard InChI is InChI=1S/2C14H22O3.2C9H13.Zr/c2*1-3-5-10-16-12-8-7-9-13(14(12)15)17-11-6-4-2;2*1-2-3-6-9-7-4-5-8-9;/h2*7-9,15H,3-6,10-11H2,1-2H3;2*4,7H,2-3,5-6H2,1H3;/q;;2*-1;+2. The van der Waals surface area contributed by atoms with Gasteiger partial charge in [-0.25, -0.2) is 23.3 Å². The maximum atomic E-state index is 9.94. The second kappa shape index (κ2) is 34.8. The molecule has 0 aromatic heterocycles. The van der Waals surface area contributed by atoms with Crippen molar-refractivity contribution in [1.82, 2.24) is 0 Å². The second-order valence-corrected chi connectivity index (χ2v) is 12.8. The number of para-hydroxylation sites is 2. The predicted octanol–water partition coefficient (Wildman–Crippen LogP) is 13.2. The first-order valence-corrected chi connectivity index (χ1v) is 20.1. The van der Waals surface area contributed by atoms with Gasteiger partial charge in [-0.15, -0.1) is 12.8 Å². The Morgan fingerprint density at radius 3 is 0.981 bits per heavy atom. The van der Waals surface area contributed by atoms with Gasteiger partial charge in [-0.2, -0.15) is 12.2 Å². The molecule has 0 radical (unpaired) electrons. The van der Waals surface area contributed by atoms with Gasteiger partial charge in [0.1, 0.15) is 0 Å². The van der Waals surface area contributed by atoms with Crippen molar-refractivity contribution in [2.45, 2.75) is 144 Å². The average Bonchev–Trinajstić information content (AvgIpc) is 3.89. The Balaban J connectivity index is 0.000000704. The summed E-state index contributed by atoms with van der Waals surface area (Å²) in [5.41, 5.74) is 2.83. The van der Waals surface area contributed by atoms with Crippen LogP contribution in [0.15, 0.2) is 71.8 Å². The van der Waals surface area contributed by atoms with Gasteiger partial charge in [-0.1, -0.05) is 118 Å². The molecule has 0 heterocycles. The number of phenols is 2. The molecular formula is C46H70O6Zr. The zero-order valence-electron chi connectivity index (χ0n) is 33.9. The Kier molecular flexibility index (Phi) is 32.9. The first kappa shape index (κ1) is 50.1. The van der Waals surface area contributed by atoms with E-state index in [0.717, 1.165) is 64.2 Å². The van der Waals surface area contributed by atoms with Crippen molar-refractivity contribution in [3.8, 4) is 34.5 Å². The first-order chi connectivity index (χ1) is 25.4. The SMILES string of the molecule is CCCCC1=[C-]CC=C1.CCCCC1=[C-]CC=C1.CCCCOc1cccc(OCCCC)c1O.CCCCOc1cccc(OCCCC)c1O.[Zr+2]. The minimum atomic E-state index is 0. The van der Waals surface area contributed by atoms with Crippen LogP contribution in [0.5, 0.6) is 34.5 Å². The minimum Gasteiger partial charge on any atom is -0.502 e. The van der Waals surface area contributed by atoms with Gasteiger partial charge in [0, 0.05) is 0 Å². The molecule has 4 rings (SSSR count). The molecule has 0 unspecified atom stereocenters. The average molecular weight is 810 g/mol. The summed E-state index contributed by atoms with van der Waals surface area (Å²) in [6.45, 7) is 15.4. The fourth-order valence-electron chi connectivity index (χ4n) is 4.75. The number of unbranched alkanes of at least 4 members (excludes halogenated alkanes) is 6. The van der Waals surface area contributed by atoms with E-state index in [9.17, 15) is 10.2 Å². The molecule has 7 heteroatoms. The number of hydrogen-bond donors (Lipinski definition) is 2. The summed E-state index contributed by atoms with van der Waals surface area (Å²) in [6.07, 6.45) is 33.3. The van der Waals surface area contributed by atoms with Crippen LogP contribution in [-0.2, 0) is 26.2 Å². The van der Waals surface area contributed by atoms with E-state index in [0.29, 0.717) is 49.4 Å². The molecule has 0 saturated carbocycles. The molecule has 0 saturated heterocycles. The van der Waals surface area contributed by atoms with Crippen molar-refractivity contribution < 1.29 is 55.4 Å². The Morgan fingerprint density at radius 2 is 0.755 bits per heavy atom. The van der Waals surface area contributed by atoms with Crippen molar-refractivity contribution in [2.75, 3.05) is 26.4 Å². The molecule has 0 bridgehead atoms. The van der Waals surface area contributed by atoms with Crippen LogP contribution in [0.25, 0.3) is 0 Å². The van der Waals surface area contributed by atoms with E-state index in [1.54, 1.807) is 24.3 Å². The summed E-state index contributed by atoms with van der Waals surface area (Å²) in [5.74, 6) is 2.25. The van der Waals surface area contributed by atoms with Crippen molar-refractivity contribution in [3.63, 3.8) is 0 Å². The summed E-state index contributed by atoms with van der Waals surface area (Å²) < 4.78 is 22.0. The molecule has 2 aliphatic carbocycles. The molecule has 0 atom stereocenters. The van der Waals surface area contributed by atoms with Gasteiger partial charge in [-0.3, -0.25) is 12.2 Å². The summed E-state index contributed by atoms with van der Waals surface area (Å²) >= 11 is 0. The summed E-state index contributed by atoms with van der Waals surface area (Å²) in [7, 11) is 0. The quantitative estimate of drug-likeness (QED) is 0.0911. The third-order valence-electron chi connectivity index (χ3n) is 8.08. The normalized spacial score (nSPS) is 12.1. The maximum Gasteiger partial charge on any atom is 2.00 e. The van der Waals surface area contributed by atoms with E-state index < -0.39 is 0 Å². The van der Waals surface area contributed by atoms with Crippen LogP contribution >= 0.6 is 0 Å². The van der Waals surface area contributed by atoms with E-state index in [4.69, 9.17) is 18.9 Å². The monoisotopic (exact) mass is 808 g/mol. The van der Waals surface area contributed by atoms with E-state index in [-0.39, 0.29) is 37.7 Å². The molecule has 0 spiro atoms. The Hall–Kier alpha value is -2.92. The van der Waals surface area contributed by atoms with E-state index in [2.05, 4.69) is 78.0 Å². The van der Waals surface area contributed by atoms with Gasteiger partial charge in [-0.05, 0) is 49.9 Å². The molecular weight excluding hydrogens is 740 g/mol. The summed E-state index contributed by atoms with van der Waals surface area (Å²) in [5, 5.41) is 19.9. The number of phenolic OH excluding ortho intramolecular Hbond substituents is 2. The second-order valence-electron chi connectivity index (χ2n) is 12.8. The van der Waals surface area contributed by atoms with Gasteiger partial charge in [0.15, 0.2) is 23.0 Å². The van der Waals surface area contributed by atoms with Crippen LogP contribution in [0.4, 0.5) is 0 Å². The Bertz CT molecular complexity index is 1140. The smallest absolute Gasteiger partial charge is 0.502 e. The van der Waals surface area contributed by atoms with Crippen LogP contribution in [0.3, 0.4) is 0 Å². The fraction of sp³-hybridized carbons (Fsp3) is 0.565. The number of allylic oxidation sites excluding steroid dienone is 8. The number of ether oxygens (including phenoxy) is 4. The summed E-state index contributed by atoms with van der Waals surface area (Å²) in [6, 6.07) is 10.7. The molecule has 0 amide bonds. The van der Waals surface area contributed by atoms with Crippen molar-refractivity contribution in [3.05, 3.63) is 84.0 Å². The third-order valence-corrected chi connectivity index (χ3v) is 8.08. The van der Waals surface area contributed by atoms with E-state index in [1.807, 2.05) is 12.1 Å². The Labute approximate surface area is 342 Å². The number of rotatable bonds is 22. The topological polar surface area (TPSA) is 77.4 Å².